The molecule has 0 unspecified atom stereocenters. The van der Waals surface area contributed by atoms with Crippen molar-refractivity contribution in [1.29, 1.82) is 0 Å². The fourth-order valence-corrected chi connectivity index (χ4v) is 2.80. The Morgan fingerprint density at radius 1 is 1.32 bits per heavy atom. The molecule has 0 atom stereocenters. The maximum absolute atomic E-state index is 13.1. The Hall–Kier alpha value is -2.17. The van der Waals surface area contributed by atoms with Crippen LogP contribution in [0.15, 0.2) is 24.3 Å². The molecular weight excluding hydrogens is 281 g/mol. The van der Waals surface area contributed by atoms with Crippen LogP contribution < -0.4 is 5.32 Å². The minimum atomic E-state index is -0.276. The molecule has 116 valence electrons. The number of amides is 1. The molecule has 1 aromatic carbocycles. The summed E-state index contributed by atoms with van der Waals surface area (Å²) in [5, 5.41) is 7.42. The van der Waals surface area contributed by atoms with Gasteiger partial charge in [-0.3, -0.25) is 4.79 Å². The average molecular weight is 301 g/mol. The molecule has 1 aromatic heterocycles. The van der Waals surface area contributed by atoms with E-state index in [1.54, 1.807) is 16.8 Å². The maximum atomic E-state index is 13.1. The second-order valence-electron chi connectivity index (χ2n) is 6.12. The number of carbonyl (C=O) groups is 1. The number of carbonyl (C=O) groups excluding carboxylic acids is 1. The van der Waals surface area contributed by atoms with Gasteiger partial charge in [0.05, 0.1) is 5.69 Å². The smallest absolute Gasteiger partial charge is 0.272 e. The lowest BCUT2D eigenvalue weighted by Gasteiger charge is -2.07. The molecule has 1 aliphatic carbocycles. The number of rotatable bonds is 4. The summed E-state index contributed by atoms with van der Waals surface area (Å²) in [7, 11) is 0. The van der Waals surface area contributed by atoms with Gasteiger partial charge in [-0.1, -0.05) is 13.8 Å². The van der Waals surface area contributed by atoms with Crippen LogP contribution in [0.2, 0.25) is 0 Å². The maximum Gasteiger partial charge on any atom is 0.272 e. The lowest BCUT2D eigenvalue weighted by atomic mass is 10.1. The van der Waals surface area contributed by atoms with Crippen molar-refractivity contribution >= 4 is 5.91 Å². The van der Waals surface area contributed by atoms with E-state index in [4.69, 9.17) is 0 Å². The van der Waals surface area contributed by atoms with Crippen LogP contribution in [0.25, 0.3) is 5.69 Å². The number of halogens is 1. The zero-order valence-electron chi connectivity index (χ0n) is 12.9. The van der Waals surface area contributed by atoms with Crippen LogP contribution in [0, 0.1) is 11.7 Å². The van der Waals surface area contributed by atoms with Gasteiger partial charge in [-0.15, -0.1) is 0 Å². The fourth-order valence-electron chi connectivity index (χ4n) is 2.80. The Morgan fingerprint density at radius 3 is 2.73 bits per heavy atom. The topological polar surface area (TPSA) is 46.9 Å². The molecule has 1 amide bonds. The summed E-state index contributed by atoms with van der Waals surface area (Å²) in [6.07, 6.45) is 2.80. The van der Waals surface area contributed by atoms with Crippen LogP contribution in [0.3, 0.4) is 0 Å². The van der Waals surface area contributed by atoms with E-state index < -0.39 is 0 Å². The highest BCUT2D eigenvalue weighted by atomic mass is 19.1. The summed E-state index contributed by atoms with van der Waals surface area (Å²) >= 11 is 0. The predicted molar refractivity (Wildman–Crippen MR) is 82.7 cm³/mol. The molecule has 0 saturated carbocycles. The standard InChI is InChI=1S/C17H20FN3O/c1-11(2)10-19-17(22)16-14-4-3-5-15(14)21(20-16)13-8-6-12(18)7-9-13/h6-9,11H,3-5,10H2,1-2H3,(H,19,22). The molecule has 1 N–H and O–H groups in total. The third-order valence-electron chi connectivity index (χ3n) is 3.89. The number of hydrogen-bond donors (Lipinski definition) is 1. The van der Waals surface area contributed by atoms with Gasteiger partial charge < -0.3 is 5.32 Å². The summed E-state index contributed by atoms with van der Waals surface area (Å²) in [6, 6.07) is 6.21. The van der Waals surface area contributed by atoms with Crippen LogP contribution in [-0.2, 0) is 12.8 Å². The number of fused-ring (bicyclic) bond motifs is 1. The molecule has 1 aliphatic rings. The zero-order chi connectivity index (χ0) is 15.7. The second-order valence-corrected chi connectivity index (χ2v) is 6.12. The summed E-state index contributed by atoms with van der Waals surface area (Å²) in [5.74, 6) is 0.00588. The second kappa shape index (κ2) is 5.91. The highest BCUT2D eigenvalue weighted by molar-refractivity contribution is 5.94. The highest BCUT2D eigenvalue weighted by Gasteiger charge is 2.26. The highest BCUT2D eigenvalue weighted by Crippen LogP contribution is 2.27. The summed E-state index contributed by atoms with van der Waals surface area (Å²) in [4.78, 5) is 12.4. The number of nitrogens with one attached hydrogen (secondary N) is 1. The Morgan fingerprint density at radius 2 is 2.05 bits per heavy atom. The van der Waals surface area contributed by atoms with Crippen LogP contribution in [0.1, 0.15) is 42.0 Å². The third kappa shape index (κ3) is 2.75. The first-order valence-corrected chi connectivity index (χ1v) is 7.71. The molecule has 0 spiro atoms. The van der Waals surface area contributed by atoms with E-state index in [-0.39, 0.29) is 11.7 Å². The molecule has 3 rings (SSSR count). The summed E-state index contributed by atoms with van der Waals surface area (Å²) < 4.78 is 14.9. The SMILES string of the molecule is CC(C)CNC(=O)c1nn(-c2ccc(F)cc2)c2c1CCC2. The van der Waals surface area contributed by atoms with Crippen molar-refractivity contribution in [2.45, 2.75) is 33.1 Å². The van der Waals surface area contributed by atoms with Crippen molar-refractivity contribution in [1.82, 2.24) is 15.1 Å². The number of aromatic nitrogens is 2. The first kappa shape index (κ1) is 14.8. The van der Waals surface area contributed by atoms with Gasteiger partial charge >= 0.3 is 0 Å². The van der Waals surface area contributed by atoms with Crippen molar-refractivity contribution in [3.05, 3.63) is 47.0 Å². The van der Waals surface area contributed by atoms with E-state index in [2.05, 4.69) is 24.3 Å². The Labute approximate surface area is 129 Å². The van der Waals surface area contributed by atoms with E-state index in [1.165, 1.54) is 12.1 Å². The zero-order valence-corrected chi connectivity index (χ0v) is 12.9. The number of benzene rings is 1. The van der Waals surface area contributed by atoms with Crippen molar-refractivity contribution < 1.29 is 9.18 Å². The number of hydrogen-bond acceptors (Lipinski definition) is 2. The fraction of sp³-hybridized carbons (Fsp3) is 0.412. The molecule has 0 fully saturated rings. The van der Waals surface area contributed by atoms with Gasteiger partial charge in [0, 0.05) is 17.8 Å². The summed E-state index contributed by atoms with van der Waals surface area (Å²) in [6.45, 7) is 4.75. The van der Waals surface area contributed by atoms with E-state index in [0.717, 1.165) is 36.2 Å². The molecule has 4 nitrogen and oxygen atoms in total. The predicted octanol–water partition coefficient (Wildman–Crippen LogP) is 2.89. The van der Waals surface area contributed by atoms with Gasteiger partial charge in [0.1, 0.15) is 5.82 Å². The van der Waals surface area contributed by atoms with Crippen molar-refractivity contribution in [2.75, 3.05) is 6.54 Å². The molecule has 0 saturated heterocycles. The average Bonchev–Trinajstić information content (AvgIpc) is 3.08. The first-order chi connectivity index (χ1) is 10.6. The Bertz CT molecular complexity index is 689. The van der Waals surface area contributed by atoms with Crippen LogP contribution in [0.5, 0.6) is 0 Å². The molecule has 2 aromatic rings. The van der Waals surface area contributed by atoms with Crippen molar-refractivity contribution in [2.24, 2.45) is 5.92 Å². The minimum Gasteiger partial charge on any atom is -0.350 e. The van der Waals surface area contributed by atoms with E-state index in [1.807, 2.05) is 0 Å². The van der Waals surface area contributed by atoms with Crippen LogP contribution in [-0.4, -0.2) is 22.2 Å². The third-order valence-corrected chi connectivity index (χ3v) is 3.89. The molecule has 0 bridgehead atoms. The Balaban J connectivity index is 1.95. The minimum absolute atomic E-state index is 0.118. The first-order valence-electron chi connectivity index (χ1n) is 7.71. The summed E-state index contributed by atoms with van der Waals surface area (Å²) in [5.41, 5.74) is 3.41. The van der Waals surface area contributed by atoms with Gasteiger partial charge in [0.2, 0.25) is 0 Å². The molecular formula is C17H20FN3O. The van der Waals surface area contributed by atoms with Gasteiger partial charge in [0.25, 0.3) is 5.91 Å². The lowest BCUT2D eigenvalue weighted by Crippen LogP contribution is -2.28. The van der Waals surface area contributed by atoms with Gasteiger partial charge in [-0.25, -0.2) is 9.07 Å². The molecule has 1 heterocycles. The quantitative estimate of drug-likeness (QED) is 0.944. The molecule has 0 aliphatic heterocycles. The van der Waals surface area contributed by atoms with Crippen LogP contribution >= 0.6 is 0 Å². The van der Waals surface area contributed by atoms with E-state index in [9.17, 15) is 9.18 Å². The van der Waals surface area contributed by atoms with Crippen molar-refractivity contribution in [3.63, 3.8) is 0 Å². The van der Waals surface area contributed by atoms with Gasteiger partial charge in [-0.05, 0) is 49.4 Å². The van der Waals surface area contributed by atoms with E-state index in [0.29, 0.717) is 18.2 Å². The van der Waals surface area contributed by atoms with Gasteiger partial charge in [-0.2, -0.15) is 5.10 Å². The van der Waals surface area contributed by atoms with Gasteiger partial charge in [0.15, 0.2) is 5.69 Å². The molecule has 0 radical (unpaired) electrons. The van der Waals surface area contributed by atoms with Crippen LogP contribution in [0.4, 0.5) is 4.39 Å². The molecule has 22 heavy (non-hydrogen) atoms. The Kier molecular flexibility index (Phi) is 3.96. The van der Waals surface area contributed by atoms with Crippen molar-refractivity contribution in [3.8, 4) is 5.69 Å². The normalized spacial score (nSPS) is 13.5. The number of nitrogens with zero attached hydrogens (tertiary/aromatic N) is 2. The lowest BCUT2D eigenvalue weighted by molar-refractivity contribution is 0.0942. The monoisotopic (exact) mass is 301 g/mol. The largest absolute Gasteiger partial charge is 0.350 e. The molecule has 5 heteroatoms. The van der Waals surface area contributed by atoms with E-state index >= 15 is 0 Å².